The summed E-state index contributed by atoms with van der Waals surface area (Å²) >= 11 is 0. The molecule has 4 N–H and O–H groups in total. The van der Waals surface area contributed by atoms with Gasteiger partial charge in [-0.3, -0.25) is 0 Å². The van der Waals surface area contributed by atoms with E-state index in [4.69, 9.17) is 10.5 Å². The zero-order valence-corrected chi connectivity index (χ0v) is 8.38. The van der Waals surface area contributed by atoms with Crippen molar-refractivity contribution in [1.29, 1.82) is 0 Å². The molecule has 16 heavy (non-hydrogen) atoms. The Labute approximate surface area is 91.1 Å². The first kappa shape index (κ1) is 10.4. The number of aromatic amines is 2. The van der Waals surface area contributed by atoms with Gasteiger partial charge in [0.1, 0.15) is 6.04 Å². The lowest BCUT2D eigenvalue weighted by Gasteiger charge is -2.07. The molecule has 0 amide bonds. The van der Waals surface area contributed by atoms with Gasteiger partial charge >= 0.3 is 12.0 Å². The third-order valence-electron chi connectivity index (χ3n) is 1.97. The van der Waals surface area contributed by atoms with Crippen LogP contribution in [0.25, 0.3) is 0 Å². The molecule has 0 aliphatic rings. The Balaban J connectivity index is 1.90. The van der Waals surface area contributed by atoms with E-state index in [0.717, 1.165) is 5.69 Å². The van der Waals surface area contributed by atoms with Crippen molar-refractivity contribution < 1.29 is 9.53 Å². The van der Waals surface area contributed by atoms with Gasteiger partial charge in [-0.2, -0.15) is 0 Å². The van der Waals surface area contributed by atoms with Crippen LogP contribution in [0.4, 0.5) is 0 Å². The molecule has 1 atom stereocenters. The Morgan fingerprint density at radius 1 is 1.56 bits per heavy atom. The Morgan fingerprint density at radius 2 is 2.44 bits per heavy atom. The molecule has 0 radical (unpaired) electrons. The van der Waals surface area contributed by atoms with Crippen LogP contribution < -0.4 is 10.5 Å². The quantitative estimate of drug-likeness (QED) is 0.609. The molecule has 0 aliphatic carbocycles. The number of nitrogens with one attached hydrogen (secondary N) is 2. The number of esters is 1. The highest BCUT2D eigenvalue weighted by molar-refractivity contribution is 5.77. The summed E-state index contributed by atoms with van der Waals surface area (Å²) in [6, 6.07) is -0.601. The fourth-order valence-corrected chi connectivity index (χ4v) is 1.19. The minimum atomic E-state index is -0.745. The highest BCUT2D eigenvalue weighted by Crippen LogP contribution is 2.02. The molecule has 0 fully saturated rings. The molecule has 0 saturated carbocycles. The molecule has 2 rings (SSSR count). The summed E-state index contributed by atoms with van der Waals surface area (Å²) in [5, 5.41) is 0. The molecule has 0 aromatic carbocycles. The first-order valence-electron chi connectivity index (χ1n) is 4.69. The van der Waals surface area contributed by atoms with Gasteiger partial charge < -0.3 is 20.4 Å². The van der Waals surface area contributed by atoms with Gasteiger partial charge in [0.15, 0.2) is 0 Å². The molecule has 2 aromatic heterocycles. The van der Waals surface area contributed by atoms with Crippen molar-refractivity contribution in [2.75, 3.05) is 0 Å². The lowest BCUT2D eigenvalue weighted by atomic mass is 10.2. The average molecular weight is 221 g/mol. The largest absolute Gasteiger partial charge is 0.391 e. The topological polar surface area (TPSA) is 110 Å². The van der Waals surface area contributed by atoms with Crippen LogP contribution in [-0.2, 0) is 11.2 Å². The van der Waals surface area contributed by atoms with Crippen LogP contribution in [0, 0.1) is 0 Å². The van der Waals surface area contributed by atoms with Gasteiger partial charge in [0.05, 0.1) is 6.33 Å². The molecule has 7 heteroatoms. The number of nitrogens with zero attached hydrogens (tertiary/aromatic N) is 2. The van der Waals surface area contributed by atoms with Crippen molar-refractivity contribution in [3.63, 3.8) is 0 Å². The lowest BCUT2D eigenvalue weighted by molar-refractivity contribution is -0.136. The predicted molar refractivity (Wildman–Crippen MR) is 54.5 cm³/mol. The van der Waals surface area contributed by atoms with E-state index in [1.165, 1.54) is 12.5 Å². The second-order valence-corrected chi connectivity index (χ2v) is 3.20. The first-order chi connectivity index (χ1) is 7.75. The summed E-state index contributed by atoms with van der Waals surface area (Å²) in [4.78, 5) is 24.6. The molecule has 0 saturated heterocycles. The molecule has 0 aliphatic heterocycles. The zero-order valence-electron chi connectivity index (χ0n) is 8.38. The maximum absolute atomic E-state index is 11.5. The number of hydrogen-bond acceptors (Lipinski definition) is 5. The number of H-pyrrole nitrogens is 2. The molecule has 0 unspecified atom stereocenters. The maximum Gasteiger partial charge on any atom is 0.331 e. The van der Waals surface area contributed by atoms with E-state index in [-0.39, 0.29) is 6.01 Å². The molecule has 0 spiro atoms. The number of hydrogen-bond donors (Lipinski definition) is 3. The Kier molecular flexibility index (Phi) is 2.97. The number of nitrogens with two attached hydrogens (primary N) is 1. The fourth-order valence-electron chi connectivity index (χ4n) is 1.19. The third kappa shape index (κ3) is 2.45. The molecule has 0 bridgehead atoms. The SMILES string of the molecule is N[C@@H](Cc1cnc[nH]1)C(=O)Oc1ncc[nH]1. The normalized spacial score (nSPS) is 12.3. The van der Waals surface area contributed by atoms with Gasteiger partial charge in [0.2, 0.25) is 0 Å². The van der Waals surface area contributed by atoms with Gasteiger partial charge in [-0.1, -0.05) is 0 Å². The highest BCUT2D eigenvalue weighted by Gasteiger charge is 2.17. The average Bonchev–Trinajstić information content (AvgIpc) is 2.90. The second kappa shape index (κ2) is 4.58. The summed E-state index contributed by atoms with van der Waals surface area (Å²) in [7, 11) is 0. The van der Waals surface area contributed by atoms with Crippen LogP contribution in [-0.4, -0.2) is 31.9 Å². The van der Waals surface area contributed by atoms with Crippen LogP contribution >= 0.6 is 0 Å². The van der Waals surface area contributed by atoms with E-state index in [1.54, 1.807) is 12.4 Å². The number of carbonyl (C=O) groups excluding carboxylic acids is 1. The van der Waals surface area contributed by atoms with Crippen LogP contribution in [0.3, 0.4) is 0 Å². The van der Waals surface area contributed by atoms with Gasteiger partial charge in [-0.15, -0.1) is 0 Å². The Morgan fingerprint density at radius 3 is 3.06 bits per heavy atom. The van der Waals surface area contributed by atoms with Crippen LogP contribution in [0.5, 0.6) is 6.01 Å². The minimum Gasteiger partial charge on any atom is -0.391 e. The lowest BCUT2D eigenvalue weighted by Crippen LogP contribution is -2.36. The van der Waals surface area contributed by atoms with Crippen molar-refractivity contribution in [2.24, 2.45) is 5.73 Å². The summed E-state index contributed by atoms with van der Waals surface area (Å²) in [6.45, 7) is 0. The van der Waals surface area contributed by atoms with Gasteiger partial charge in [-0.25, -0.2) is 14.8 Å². The van der Waals surface area contributed by atoms with E-state index in [0.29, 0.717) is 6.42 Å². The van der Waals surface area contributed by atoms with E-state index in [1.807, 2.05) is 0 Å². The summed E-state index contributed by atoms with van der Waals surface area (Å²) in [5.41, 5.74) is 6.44. The van der Waals surface area contributed by atoms with Crippen molar-refractivity contribution in [1.82, 2.24) is 19.9 Å². The summed E-state index contributed by atoms with van der Waals surface area (Å²) in [5.74, 6) is -0.537. The van der Waals surface area contributed by atoms with Crippen LogP contribution in [0.2, 0.25) is 0 Å². The molecule has 7 nitrogen and oxygen atoms in total. The standard InChI is InChI=1S/C9H11N5O2/c10-7(3-6-4-11-5-14-6)8(15)16-9-12-1-2-13-9/h1-2,4-5,7H,3,10H2,(H,11,14)(H,12,13)/t7-/m0/s1. The molecule has 2 heterocycles. The van der Waals surface area contributed by atoms with E-state index in [9.17, 15) is 4.79 Å². The molecular formula is C9H11N5O2. The van der Waals surface area contributed by atoms with E-state index < -0.39 is 12.0 Å². The Bertz CT molecular complexity index is 436. The Hall–Kier alpha value is -2.15. The van der Waals surface area contributed by atoms with Crippen LogP contribution in [0.15, 0.2) is 24.9 Å². The number of aromatic nitrogens is 4. The van der Waals surface area contributed by atoms with E-state index in [2.05, 4.69) is 19.9 Å². The van der Waals surface area contributed by atoms with E-state index >= 15 is 0 Å². The molecule has 2 aromatic rings. The molecule has 84 valence electrons. The number of rotatable bonds is 4. The van der Waals surface area contributed by atoms with Crippen molar-refractivity contribution >= 4 is 5.97 Å². The number of carbonyl (C=O) groups is 1. The van der Waals surface area contributed by atoms with Gasteiger partial charge in [0, 0.05) is 30.7 Å². The second-order valence-electron chi connectivity index (χ2n) is 3.20. The van der Waals surface area contributed by atoms with Crippen molar-refractivity contribution in [2.45, 2.75) is 12.5 Å². The van der Waals surface area contributed by atoms with Gasteiger partial charge in [-0.05, 0) is 0 Å². The maximum atomic E-state index is 11.5. The van der Waals surface area contributed by atoms with Crippen molar-refractivity contribution in [3.8, 4) is 6.01 Å². The first-order valence-corrected chi connectivity index (χ1v) is 4.69. The monoisotopic (exact) mass is 221 g/mol. The highest BCUT2D eigenvalue weighted by atomic mass is 16.5. The number of imidazole rings is 2. The number of ether oxygens (including phenoxy) is 1. The summed E-state index contributed by atoms with van der Waals surface area (Å²) in [6.07, 6.45) is 6.53. The predicted octanol–water partition coefficient (Wildman–Crippen LogP) is -0.392. The third-order valence-corrected chi connectivity index (χ3v) is 1.97. The fraction of sp³-hybridized carbons (Fsp3) is 0.222. The van der Waals surface area contributed by atoms with Crippen LogP contribution in [0.1, 0.15) is 5.69 Å². The van der Waals surface area contributed by atoms with Crippen molar-refractivity contribution in [3.05, 3.63) is 30.6 Å². The summed E-state index contributed by atoms with van der Waals surface area (Å²) < 4.78 is 4.90. The van der Waals surface area contributed by atoms with Gasteiger partial charge in [0.25, 0.3) is 0 Å². The molecular weight excluding hydrogens is 210 g/mol. The smallest absolute Gasteiger partial charge is 0.331 e. The zero-order chi connectivity index (χ0) is 11.4. The minimum absolute atomic E-state index is 0.144.